The minimum absolute atomic E-state index is 0.0131. The Morgan fingerprint density at radius 3 is 1.46 bits per heavy atom. The van der Waals surface area contributed by atoms with Crippen LogP contribution in [0.15, 0.2) is 97.1 Å². The number of likely N-dealkylation sites (tertiary alicyclic amines) is 2. The molecule has 0 bridgehead atoms. The number of rotatable bonds is 9. The zero-order valence-corrected chi connectivity index (χ0v) is 27.1. The van der Waals surface area contributed by atoms with Gasteiger partial charge in [-0.1, -0.05) is 72.8 Å². The molecule has 8 rings (SSSR count). The lowest BCUT2D eigenvalue weighted by atomic mass is 10.0. The Morgan fingerprint density at radius 2 is 1.02 bits per heavy atom. The fourth-order valence-corrected chi connectivity index (χ4v) is 7.50. The van der Waals surface area contributed by atoms with E-state index in [1.165, 1.54) is 11.1 Å². The topological polar surface area (TPSA) is 98.0 Å². The molecule has 2 saturated heterocycles. The van der Waals surface area contributed by atoms with E-state index < -0.39 is 0 Å². The third kappa shape index (κ3) is 6.22. The first-order chi connectivity index (χ1) is 23.6. The lowest BCUT2D eigenvalue weighted by molar-refractivity contribution is -0.132. The maximum absolute atomic E-state index is 13.2. The van der Waals surface area contributed by atoms with Crippen LogP contribution in [0.1, 0.15) is 71.7 Å². The van der Waals surface area contributed by atoms with Gasteiger partial charge in [-0.25, -0.2) is 9.97 Å². The van der Waals surface area contributed by atoms with E-state index in [0.717, 1.165) is 96.5 Å². The van der Waals surface area contributed by atoms with Crippen LogP contribution in [0.25, 0.3) is 22.1 Å². The van der Waals surface area contributed by atoms with Crippen LogP contribution in [-0.4, -0.2) is 54.6 Å². The fraction of sp³-hybridized carbons (Fsp3) is 0.300. The second-order valence-electron chi connectivity index (χ2n) is 13.3. The second-order valence-corrected chi connectivity index (χ2v) is 13.3. The maximum atomic E-state index is 13.2. The van der Waals surface area contributed by atoms with Crippen molar-refractivity contribution < 1.29 is 9.59 Å². The average molecular weight is 637 g/mol. The summed E-state index contributed by atoms with van der Waals surface area (Å²) in [6.07, 6.45) is 6.43. The summed E-state index contributed by atoms with van der Waals surface area (Å²) in [4.78, 5) is 47.4. The molecule has 6 aromatic rings. The van der Waals surface area contributed by atoms with Crippen molar-refractivity contribution in [2.45, 2.75) is 63.5 Å². The van der Waals surface area contributed by atoms with Crippen molar-refractivity contribution in [3.63, 3.8) is 0 Å². The minimum atomic E-state index is -0.0131. The van der Waals surface area contributed by atoms with Crippen LogP contribution in [0, 0.1) is 0 Å². The zero-order chi connectivity index (χ0) is 32.5. The monoisotopic (exact) mass is 636 g/mol. The van der Waals surface area contributed by atoms with Crippen molar-refractivity contribution in [1.82, 2.24) is 29.7 Å². The van der Waals surface area contributed by atoms with Crippen molar-refractivity contribution in [3.05, 3.63) is 131 Å². The van der Waals surface area contributed by atoms with Crippen molar-refractivity contribution in [3.8, 4) is 0 Å². The Labute approximate surface area is 280 Å². The second kappa shape index (κ2) is 13.1. The number of aromatic amines is 2. The highest BCUT2D eigenvalue weighted by molar-refractivity contribution is 5.81. The molecule has 2 aliphatic heterocycles. The van der Waals surface area contributed by atoms with Crippen LogP contribution in [0.3, 0.4) is 0 Å². The lowest BCUT2D eigenvalue weighted by Crippen LogP contribution is -2.32. The van der Waals surface area contributed by atoms with Crippen LogP contribution in [0.5, 0.6) is 0 Å². The van der Waals surface area contributed by atoms with Gasteiger partial charge in [0.05, 0.1) is 47.0 Å². The number of imidazole rings is 2. The highest BCUT2D eigenvalue weighted by atomic mass is 16.2. The van der Waals surface area contributed by atoms with Crippen molar-refractivity contribution in [2.24, 2.45) is 0 Å². The first-order valence-corrected chi connectivity index (χ1v) is 17.2. The number of carbonyl (C=O) groups is 2. The molecule has 8 heteroatoms. The van der Waals surface area contributed by atoms with Crippen molar-refractivity contribution in [2.75, 3.05) is 13.1 Å². The maximum Gasteiger partial charge on any atom is 0.227 e. The Bertz CT molecular complexity index is 1920. The summed E-state index contributed by atoms with van der Waals surface area (Å²) < 4.78 is 0. The number of nitrogens with one attached hydrogen (secondary N) is 2. The van der Waals surface area contributed by atoms with Crippen LogP contribution < -0.4 is 0 Å². The summed E-state index contributed by atoms with van der Waals surface area (Å²) in [6.45, 7) is 1.54. The lowest BCUT2D eigenvalue weighted by Gasteiger charge is -2.23. The molecular weight excluding hydrogens is 596 g/mol. The smallest absolute Gasteiger partial charge is 0.227 e. The van der Waals surface area contributed by atoms with Gasteiger partial charge in [0, 0.05) is 13.1 Å². The molecule has 2 N–H and O–H groups in total. The van der Waals surface area contributed by atoms with Crippen molar-refractivity contribution >= 4 is 33.9 Å². The number of carbonyl (C=O) groups excluding carboxylic acids is 2. The number of aromatic nitrogens is 4. The molecule has 8 nitrogen and oxygen atoms in total. The van der Waals surface area contributed by atoms with Crippen molar-refractivity contribution in [1.29, 1.82) is 0 Å². The van der Waals surface area contributed by atoms with E-state index in [4.69, 9.17) is 9.97 Å². The molecule has 2 amide bonds. The summed E-state index contributed by atoms with van der Waals surface area (Å²) in [5.74, 6) is 2.07. The highest BCUT2D eigenvalue weighted by Crippen LogP contribution is 2.34. The predicted molar refractivity (Wildman–Crippen MR) is 187 cm³/mol. The van der Waals surface area contributed by atoms with E-state index in [2.05, 4.69) is 46.4 Å². The molecule has 0 spiro atoms. The molecule has 242 valence electrons. The quantitative estimate of drug-likeness (QED) is 0.178. The SMILES string of the molecule is O=C(Cc1ccccc1)N1CCC[C@H]1c1nc2cc(CCc3ccc4[nH]c([C@@H]5CCCN5C(=O)Cc5ccccc5)nc4c3)ccc2[nH]1. The van der Waals surface area contributed by atoms with Gasteiger partial charge in [0.25, 0.3) is 0 Å². The molecule has 2 fully saturated rings. The molecule has 4 aromatic carbocycles. The Morgan fingerprint density at radius 1 is 0.583 bits per heavy atom. The molecule has 0 aliphatic carbocycles. The van der Waals surface area contributed by atoms with Gasteiger partial charge < -0.3 is 19.8 Å². The number of H-pyrrole nitrogens is 2. The largest absolute Gasteiger partial charge is 0.340 e. The van der Waals surface area contributed by atoms with Crippen LogP contribution in [0.2, 0.25) is 0 Å². The molecule has 0 unspecified atom stereocenters. The summed E-state index contributed by atoms with van der Waals surface area (Å²) in [5.41, 5.74) is 8.44. The molecule has 48 heavy (non-hydrogen) atoms. The van der Waals surface area contributed by atoms with Gasteiger partial charge >= 0.3 is 0 Å². The molecular formula is C40H40N6O2. The van der Waals surface area contributed by atoms with E-state index in [-0.39, 0.29) is 23.9 Å². The summed E-state index contributed by atoms with van der Waals surface area (Å²) in [7, 11) is 0. The van der Waals surface area contributed by atoms with E-state index >= 15 is 0 Å². The number of nitrogens with zero attached hydrogens (tertiary/aromatic N) is 4. The van der Waals surface area contributed by atoms with Gasteiger partial charge in [-0.2, -0.15) is 0 Å². The fourth-order valence-electron chi connectivity index (χ4n) is 7.50. The highest BCUT2D eigenvalue weighted by Gasteiger charge is 2.33. The Balaban J connectivity index is 0.927. The minimum Gasteiger partial charge on any atom is -0.340 e. The van der Waals surface area contributed by atoms with Gasteiger partial charge in [-0.05, 0) is 85.0 Å². The zero-order valence-electron chi connectivity index (χ0n) is 27.1. The average Bonchev–Trinajstić information content (AvgIpc) is 3.93. The van der Waals surface area contributed by atoms with Crippen LogP contribution >= 0.6 is 0 Å². The first kappa shape index (κ1) is 30.1. The summed E-state index contributed by atoms with van der Waals surface area (Å²) in [5, 5.41) is 0. The van der Waals surface area contributed by atoms with Crippen LogP contribution in [-0.2, 0) is 35.3 Å². The van der Waals surface area contributed by atoms with E-state index in [0.29, 0.717) is 12.8 Å². The predicted octanol–water partition coefficient (Wildman–Crippen LogP) is 7.04. The van der Waals surface area contributed by atoms with Gasteiger partial charge in [0.2, 0.25) is 11.8 Å². The number of hydrogen-bond acceptors (Lipinski definition) is 4. The summed E-state index contributed by atoms with van der Waals surface area (Å²) >= 11 is 0. The number of hydrogen-bond donors (Lipinski definition) is 2. The number of benzene rings is 4. The standard InChI is InChI=1S/C40H40N6O2/c47-37(25-27-9-3-1-4-10-27)45-21-7-13-35(45)39-41-31-19-17-29(23-33(31)43-39)15-16-30-18-20-32-34(24-30)44-40(42-32)36-14-8-22-46(36)38(48)26-28-11-5-2-6-12-28/h1-6,9-12,17-20,23-24,35-36H,7-8,13-16,21-22,25-26H2,(H,41,43)(H,42,44)/t35-,36-/m0/s1. The molecule has 4 heterocycles. The molecule has 2 aromatic heterocycles. The number of amides is 2. The normalized spacial score (nSPS) is 17.9. The Hall–Kier alpha value is -5.24. The van der Waals surface area contributed by atoms with Crippen LogP contribution in [0.4, 0.5) is 0 Å². The number of fused-ring (bicyclic) bond motifs is 2. The van der Waals surface area contributed by atoms with E-state index in [9.17, 15) is 9.59 Å². The van der Waals surface area contributed by atoms with E-state index in [1.807, 2.05) is 70.5 Å². The van der Waals surface area contributed by atoms with Gasteiger partial charge in [-0.3, -0.25) is 9.59 Å². The molecule has 0 radical (unpaired) electrons. The Kier molecular flexibility index (Phi) is 8.22. The third-order valence-corrected chi connectivity index (χ3v) is 10.0. The first-order valence-electron chi connectivity index (χ1n) is 17.2. The van der Waals surface area contributed by atoms with Gasteiger partial charge in [-0.15, -0.1) is 0 Å². The third-order valence-electron chi connectivity index (χ3n) is 10.0. The molecule has 0 saturated carbocycles. The number of aryl methyl sites for hydroxylation is 2. The molecule has 2 atom stereocenters. The van der Waals surface area contributed by atoms with E-state index in [1.54, 1.807) is 0 Å². The van der Waals surface area contributed by atoms with Gasteiger partial charge in [0.15, 0.2) is 0 Å². The molecule has 2 aliphatic rings. The van der Waals surface area contributed by atoms with Gasteiger partial charge in [0.1, 0.15) is 11.6 Å². The summed E-state index contributed by atoms with van der Waals surface area (Å²) in [6, 6.07) is 32.8.